The molecule has 0 bridgehead atoms. The summed E-state index contributed by atoms with van der Waals surface area (Å²) in [5.74, 6) is 0.896. The van der Waals surface area contributed by atoms with Crippen LogP contribution in [0, 0.1) is 0 Å². The van der Waals surface area contributed by atoms with Crippen LogP contribution in [-0.4, -0.2) is 12.6 Å². The number of hydrogen-bond acceptors (Lipinski definition) is 2. The highest BCUT2D eigenvalue weighted by Gasteiger charge is 2.12. The van der Waals surface area contributed by atoms with E-state index in [9.17, 15) is 0 Å². The molecule has 0 amide bonds. The van der Waals surface area contributed by atoms with E-state index in [1.807, 2.05) is 6.92 Å². The van der Waals surface area contributed by atoms with Crippen molar-refractivity contribution in [1.29, 1.82) is 0 Å². The van der Waals surface area contributed by atoms with Crippen LogP contribution in [0.3, 0.4) is 0 Å². The molecule has 4 heteroatoms. The Hall–Kier alpha value is -0.0600. The fourth-order valence-corrected chi connectivity index (χ4v) is 4.43. The normalized spacial score (nSPS) is 17.3. The van der Waals surface area contributed by atoms with E-state index in [4.69, 9.17) is 4.74 Å². The third-order valence-electron chi connectivity index (χ3n) is 4.05. The molecule has 0 saturated heterocycles. The van der Waals surface area contributed by atoms with Crippen molar-refractivity contribution >= 4 is 31.9 Å². The van der Waals surface area contributed by atoms with Gasteiger partial charge in [0, 0.05) is 12.6 Å². The predicted octanol–water partition coefficient (Wildman–Crippen LogP) is 5.81. The van der Waals surface area contributed by atoms with Gasteiger partial charge in [-0.3, -0.25) is 0 Å². The molecule has 1 fully saturated rings. The van der Waals surface area contributed by atoms with Crippen LogP contribution in [-0.2, 0) is 6.54 Å². The Kier molecular flexibility index (Phi) is 7.55. The summed E-state index contributed by atoms with van der Waals surface area (Å²) in [6.45, 7) is 3.61. The molecule has 118 valence electrons. The lowest BCUT2D eigenvalue weighted by molar-refractivity contribution is 0.335. The van der Waals surface area contributed by atoms with Crippen LogP contribution in [0.15, 0.2) is 21.1 Å². The molecular formula is C17H25Br2NO. The Morgan fingerprint density at radius 2 is 1.62 bits per heavy atom. The van der Waals surface area contributed by atoms with Crippen molar-refractivity contribution in [3.63, 3.8) is 0 Å². The predicted molar refractivity (Wildman–Crippen MR) is 96.0 cm³/mol. The van der Waals surface area contributed by atoms with Crippen LogP contribution in [0.1, 0.15) is 57.4 Å². The third-order valence-corrected chi connectivity index (χ3v) is 5.22. The average molecular weight is 419 g/mol. The first kappa shape index (κ1) is 17.3. The Balaban J connectivity index is 1.93. The zero-order valence-electron chi connectivity index (χ0n) is 12.8. The summed E-state index contributed by atoms with van der Waals surface area (Å²) >= 11 is 7.21. The van der Waals surface area contributed by atoms with Gasteiger partial charge in [0.2, 0.25) is 0 Å². The molecule has 2 nitrogen and oxygen atoms in total. The lowest BCUT2D eigenvalue weighted by atomic mass is 9.96. The van der Waals surface area contributed by atoms with Gasteiger partial charge >= 0.3 is 0 Å². The Bertz CT molecular complexity index is 419. The second-order valence-corrected chi connectivity index (χ2v) is 7.45. The molecule has 1 aliphatic carbocycles. The molecule has 21 heavy (non-hydrogen) atoms. The van der Waals surface area contributed by atoms with Gasteiger partial charge in [-0.05, 0) is 69.3 Å². The summed E-state index contributed by atoms with van der Waals surface area (Å²) in [5.41, 5.74) is 1.29. The first-order valence-electron chi connectivity index (χ1n) is 8.04. The minimum atomic E-state index is 0.675. The van der Waals surface area contributed by atoms with Gasteiger partial charge in [-0.15, -0.1) is 0 Å². The molecule has 0 aliphatic heterocycles. The number of halogens is 2. The maximum atomic E-state index is 5.63. The van der Waals surface area contributed by atoms with Crippen molar-refractivity contribution in [1.82, 2.24) is 5.32 Å². The summed E-state index contributed by atoms with van der Waals surface area (Å²) in [6.07, 6.45) is 9.60. The molecule has 0 heterocycles. The first-order chi connectivity index (χ1) is 10.2. The fraction of sp³-hybridized carbons (Fsp3) is 0.647. The lowest BCUT2D eigenvalue weighted by Gasteiger charge is -2.21. The molecule has 1 aromatic rings. The highest BCUT2D eigenvalue weighted by atomic mass is 79.9. The molecule has 1 aliphatic rings. The standard InChI is InChI=1S/C17H25Br2NO/c1-2-21-17-15(18)10-13(11-16(17)19)12-20-14-8-6-4-3-5-7-9-14/h10-11,14,20H,2-9,12H2,1H3. The van der Waals surface area contributed by atoms with E-state index in [1.54, 1.807) is 0 Å². The van der Waals surface area contributed by atoms with E-state index in [0.29, 0.717) is 12.6 Å². The second-order valence-electron chi connectivity index (χ2n) is 5.74. The summed E-state index contributed by atoms with van der Waals surface area (Å²) < 4.78 is 7.68. The monoisotopic (exact) mass is 417 g/mol. The Morgan fingerprint density at radius 1 is 1.05 bits per heavy atom. The summed E-state index contributed by atoms with van der Waals surface area (Å²) in [7, 11) is 0. The largest absolute Gasteiger partial charge is 0.492 e. The Morgan fingerprint density at radius 3 is 2.19 bits per heavy atom. The van der Waals surface area contributed by atoms with E-state index in [0.717, 1.165) is 21.2 Å². The number of hydrogen-bond donors (Lipinski definition) is 1. The van der Waals surface area contributed by atoms with Crippen molar-refractivity contribution in [3.05, 3.63) is 26.6 Å². The zero-order valence-corrected chi connectivity index (χ0v) is 15.9. The Labute approximate surface area is 145 Å². The SMILES string of the molecule is CCOc1c(Br)cc(CNC2CCCCCCC2)cc1Br. The number of nitrogens with one attached hydrogen (secondary N) is 1. The minimum absolute atomic E-state index is 0.675. The van der Waals surface area contributed by atoms with Crippen LogP contribution >= 0.6 is 31.9 Å². The van der Waals surface area contributed by atoms with Crippen LogP contribution in [0.4, 0.5) is 0 Å². The van der Waals surface area contributed by atoms with Gasteiger partial charge in [0.15, 0.2) is 0 Å². The fourth-order valence-electron chi connectivity index (χ4n) is 2.92. The quantitative estimate of drug-likeness (QED) is 0.650. The van der Waals surface area contributed by atoms with Crippen molar-refractivity contribution < 1.29 is 4.74 Å². The van der Waals surface area contributed by atoms with Crippen molar-refractivity contribution in [2.24, 2.45) is 0 Å². The first-order valence-corrected chi connectivity index (χ1v) is 9.63. The number of rotatable bonds is 5. The molecule has 2 rings (SSSR count). The van der Waals surface area contributed by atoms with E-state index in [2.05, 4.69) is 49.3 Å². The molecule has 0 aromatic heterocycles. The smallest absolute Gasteiger partial charge is 0.147 e. The molecule has 0 atom stereocenters. The van der Waals surface area contributed by atoms with Crippen molar-refractivity contribution in [2.75, 3.05) is 6.61 Å². The molecule has 1 saturated carbocycles. The van der Waals surface area contributed by atoms with Gasteiger partial charge in [0.05, 0.1) is 15.6 Å². The van der Waals surface area contributed by atoms with Gasteiger partial charge in [-0.1, -0.05) is 32.1 Å². The van der Waals surface area contributed by atoms with Gasteiger partial charge in [-0.25, -0.2) is 0 Å². The third kappa shape index (κ3) is 5.57. The second kappa shape index (κ2) is 9.16. The van der Waals surface area contributed by atoms with Crippen molar-refractivity contribution in [2.45, 2.75) is 64.5 Å². The van der Waals surface area contributed by atoms with E-state index >= 15 is 0 Å². The summed E-state index contributed by atoms with van der Waals surface area (Å²) in [4.78, 5) is 0. The molecule has 0 spiro atoms. The highest BCUT2D eigenvalue weighted by Crippen LogP contribution is 2.34. The van der Waals surface area contributed by atoms with Crippen LogP contribution in [0.2, 0.25) is 0 Å². The van der Waals surface area contributed by atoms with Gasteiger partial charge in [0.1, 0.15) is 5.75 Å². The summed E-state index contributed by atoms with van der Waals surface area (Å²) in [6, 6.07) is 4.99. The molecule has 1 aromatic carbocycles. The molecule has 0 unspecified atom stereocenters. The molecular weight excluding hydrogens is 394 g/mol. The number of ether oxygens (including phenoxy) is 1. The lowest BCUT2D eigenvalue weighted by Crippen LogP contribution is -2.29. The highest BCUT2D eigenvalue weighted by molar-refractivity contribution is 9.11. The van der Waals surface area contributed by atoms with Crippen molar-refractivity contribution in [3.8, 4) is 5.75 Å². The van der Waals surface area contributed by atoms with Crippen LogP contribution < -0.4 is 10.1 Å². The van der Waals surface area contributed by atoms with Crippen LogP contribution in [0.25, 0.3) is 0 Å². The van der Waals surface area contributed by atoms with Gasteiger partial charge < -0.3 is 10.1 Å². The zero-order chi connectivity index (χ0) is 15.1. The average Bonchev–Trinajstić information content (AvgIpc) is 2.41. The minimum Gasteiger partial charge on any atom is -0.492 e. The van der Waals surface area contributed by atoms with E-state index in [1.165, 1.54) is 50.5 Å². The van der Waals surface area contributed by atoms with E-state index < -0.39 is 0 Å². The number of benzene rings is 1. The van der Waals surface area contributed by atoms with Crippen LogP contribution in [0.5, 0.6) is 5.75 Å². The van der Waals surface area contributed by atoms with Gasteiger partial charge in [-0.2, -0.15) is 0 Å². The van der Waals surface area contributed by atoms with E-state index in [-0.39, 0.29) is 0 Å². The summed E-state index contributed by atoms with van der Waals surface area (Å²) in [5, 5.41) is 3.73. The molecule has 0 radical (unpaired) electrons. The molecule has 1 N–H and O–H groups in total. The maximum Gasteiger partial charge on any atom is 0.147 e. The topological polar surface area (TPSA) is 21.3 Å². The maximum absolute atomic E-state index is 5.63. The van der Waals surface area contributed by atoms with Gasteiger partial charge in [0.25, 0.3) is 0 Å².